The Morgan fingerprint density at radius 3 is 2.15 bits per heavy atom. The zero-order valence-corrected chi connectivity index (χ0v) is 25.8. The predicted molar refractivity (Wildman–Crippen MR) is 156 cm³/mol. The van der Waals surface area contributed by atoms with E-state index in [2.05, 4.69) is 6.58 Å². The maximum atomic E-state index is 14.1. The number of amides is 4. The molecule has 6 unspecified atom stereocenters. The highest BCUT2D eigenvalue weighted by Crippen LogP contribution is 2.66. The number of allylic oxidation sites excluding steroid dienone is 3. The first-order valence-corrected chi connectivity index (χ1v) is 15.0. The van der Waals surface area contributed by atoms with Gasteiger partial charge >= 0.3 is 12.4 Å². The van der Waals surface area contributed by atoms with Gasteiger partial charge < -0.3 is 5.11 Å². The van der Waals surface area contributed by atoms with Crippen LogP contribution < -0.4 is 4.90 Å². The lowest BCUT2D eigenvalue weighted by Gasteiger charge is -2.50. The normalized spacial score (nSPS) is 30.7. The number of anilines is 1. The molecule has 6 atom stereocenters. The Balaban J connectivity index is 1.52. The highest BCUT2D eigenvalue weighted by molar-refractivity contribution is 6.53. The van der Waals surface area contributed by atoms with E-state index in [9.17, 15) is 50.6 Å². The second-order valence-electron chi connectivity index (χ2n) is 12.1. The molecule has 2 saturated heterocycles. The van der Waals surface area contributed by atoms with Gasteiger partial charge in [0.25, 0.3) is 11.8 Å². The van der Waals surface area contributed by atoms with Crippen molar-refractivity contribution in [2.24, 2.45) is 17.8 Å². The van der Waals surface area contributed by atoms with Gasteiger partial charge in [-0.05, 0) is 48.9 Å². The number of phenols is 1. The number of para-hydroxylation sites is 1. The van der Waals surface area contributed by atoms with Crippen molar-refractivity contribution >= 4 is 52.5 Å². The van der Waals surface area contributed by atoms with Gasteiger partial charge in [-0.15, -0.1) is 29.8 Å². The van der Waals surface area contributed by atoms with Crippen LogP contribution in [0.4, 0.5) is 32.0 Å². The zero-order chi connectivity index (χ0) is 34.6. The summed E-state index contributed by atoms with van der Waals surface area (Å²) in [6, 6.07) is 5.11. The third kappa shape index (κ3) is 4.56. The average molecular weight is 701 g/mol. The van der Waals surface area contributed by atoms with Crippen LogP contribution in [-0.4, -0.2) is 50.4 Å². The summed E-state index contributed by atoms with van der Waals surface area (Å²) < 4.78 is 82.0. The molecule has 47 heavy (non-hydrogen) atoms. The number of halogens is 8. The molecule has 2 aliphatic heterocycles. The molecule has 0 radical (unpaired) electrons. The van der Waals surface area contributed by atoms with Gasteiger partial charge in [0.05, 0.1) is 28.7 Å². The molecule has 15 heteroatoms. The number of nitrogens with zero attached hydrogens (tertiary/aromatic N) is 2. The molecule has 0 aromatic heterocycles. The summed E-state index contributed by atoms with van der Waals surface area (Å²) in [5.74, 6) is -9.28. The minimum atomic E-state index is -5.24. The molecule has 1 N–H and O–H groups in total. The Hall–Kier alpha value is -3.84. The molecular formula is C32H24Cl2F6N2O5. The standard InChI is InChI=1S/C32H24Cl2F6N2O5/c1-3-5-14-6-4-7-20(24(14)43)23-18-8-9-19-22(21(18)13-29(33)27(46)41(2)28(47)30(23,29)34)26(45)42(25(19)44)17-11-15(31(35,36)37)10-16(12-17)32(38,39)40/h3-4,6-8,10-12,19,21-23,43H,1,5,9,13H2,2H3. The van der Waals surface area contributed by atoms with Crippen LogP contribution >= 0.6 is 23.2 Å². The van der Waals surface area contributed by atoms with Crippen LogP contribution in [0.25, 0.3) is 0 Å². The Labute approximate surface area is 273 Å². The second-order valence-corrected chi connectivity index (χ2v) is 13.4. The van der Waals surface area contributed by atoms with E-state index in [1.807, 2.05) is 0 Å². The minimum Gasteiger partial charge on any atom is -0.507 e. The van der Waals surface area contributed by atoms with Gasteiger partial charge in [0, 0.05) is 18.5 Å². The van der Waals surface area contributed by atoms with E-state index in [1.54, 1.807) is 12.1 Å². The van der Waals surface area contributed by atoms with Gasteiger partial charge in [-0.2, -0.15) is 26.3 Å². The van der Waals surface area contributed by atoms with Crippen LogP contribution in [-0.2, 0) is 38.0 Å². The molecular weight excluding hydrogens is 677 g/mol. The molecule has 1 saturated carbocycles. The number of benzene rings is 2. The highest BCUT2D eigenvalue weighted by Gasteiger charge is 2.76. The third-order valence-electron chi connectivity index (χ3n) is 9.67. The van der Waals surface area contributed by atoms with Crippen LogP contribution in [0, 0.1) is 17.8 Å². The van der Waals surface area contributed by atoms with Gasteiger partial charge in [0.1, 0.15) is 5.75 Å². The van der Waals surface area contributed by atoms with Crippen molar-refractivity contribution in [3.8, 4) is 5.75 Å². The summed E-state index contributed by atoms with van der Waals surface area (Å²) in [4.78, 5) is 51.7. The van der Waals surface area contributed by atoms with E-state index >= 15 is 0 Å². The van der Waals surface area contributed by atoms with Crippen molar-refractivity contribution in [1.29, 1.82) is 0 Å². The summed E-state index contributed by atoms with van der Waals surface area (Å²) >= 11 is 14.1. The summed E-state index contributed by atoms with van der Waals surface area (Å²) in [6.07, 6.45) is -7.90. The second kappa shape index (κ2) is 10.6. The van der Waals surface area contributed by atoms with Crippen LogP contribution in [0.1, 0.15) is 41.0 Å². The van der Waals surface area contributed by atoms with Crippen LogP contribution in [0.2, 0.25) is 0 Å². The SMILES string of the molecule is C=CCc1cccc(C2C3=CCC4C(=O)N(c5cc(C(F)(F)F)cc(C(F)(F)F)c5)C(=O)C4C3CC3(Cl)C(=O)N(C)C(=O)C23Cl)c1O. The molecule has 2 aromatic carbocycles. The number of aromatic hydroxyl groups is 1. The number of carbonyl (C=O) groups is 4. The van der Waals surface area contributed by atoms with E-state index in [1.165, 1.54) is 25.3 Å². The molecule has 7 nitrogen and oxygen atoms in total. The maximum Gasteiger partial charge on any atom is 0.416 e. The first-order chi connectivity index (χ1) is 21.8. The topological polar surface area (TPSA) is 95.0 Å². The Bertz CT molecular complexity index is 1780. The van der Waals surface area contributed by atoms with E-state index < -0.39 is 92.6 Å². The first kappa shape index (κ1) is 33.1. The monoisotopic (exact) mass is 700 g/mol. The van der Waals surface area contributed by atoms with Crippen molar-refractivity contribution in [2.75, 3.05) is 11.9 Å². The number of hydrogen-bond acceptors (Lipinski definition) is 5. The van der Waals surface area contributed by atoms with Gasteiger partial charge in [-0.25, -0.2) is 4.90 Å². The van der Waals surface area contributed by atoms with E-state index in [0.717, 1.165) is 4.90 Å². The largest absolute Gasteiger partial charge is 0.507 e. The molecule has 2 heterocycles. The number of rotatable bonds is 4. The van der Waals surface area contributed by atoms with Gasteiger partial charge in [0.15, 0.2) is 9.75 Å². The van der Waals surface area contributed by atoms with E-state index in [-0.39, 0.29) is 35.8 Å². The van der Waals surface area contributed by atoms with E-state index in [0.29, 0.717) is 22.6 Å². The number of hydrogen-bond donors (Lipinski definition) is 1. The van der Waals surface area contributed by atoms with Crippen molar-refractivity contribution < 1.29 is 50.6 Å². The zero-order valence-electron chi connectivity index (χ0n) is 24.3. The summed E-state index contributed by atoms with van der Waals surface area (Å²) in [5.41, 5.74) is -3.58. The summed E-state index contributed by atoms with van der Waals surface area (Å²) in [6.45, 7) is 3.66. The Morgan fingerprint density at radius 1 is 0.957 bits per heavy atom. The lowest BCUT2D eigenvalue weighted by molar-refractivity contribution is -0.143. The first-order valence-electron chi connectivity index (χ1n) is 14.3. The number of fused-ring (bicyclic) bond motifs is 4. The Kier molecular flexibility index (Phi) is 7.45. The van der Waals surface area contributed by atoms with Gasteiger partial charge in [0.2, 0.25) is 11.8 Å². The lowest BCUT2D eigenvalue weighted by atomic mass is 9.56. The third-order valence-corrected chi connectivity index (χ3v) is 11.1. The fraction of sp³-hybridized carbons (Fsp3) is 0.375. The van der Waals surface area contributed by atoms with Crippen molar-refractivity contribution in [3.05, 3.63) is 83.0 Å². The predicted octanol–water partition coefficient (Wildman–Crippen LogP) is 6.35. The highest BCUT2D eigenvalue weighted by atomic mass is 35.5. The number of imide groups is 2. The summed E-state index contributed by atoms with van der Waals surface area (Å²) in [7, 11) is 1.17. The maximum absolute atomic E-state index is 14.1. The lowest BCUT2D eigenvalue weighted by Crippen LogP contribution is -2.60. The summed E-state index contributed by atoms with van der Waals surface area (Å²) in [5, 5.41) is 11.4. The molecule has 2 aliphatic carbocycles. The van der Waals surface area contributed by atoms with Crippen LogP contribution in [0.3, 0.4) is 0 Å². The van der Waals surface area contributed by atoms with Crippen LogP contribution in [0.15, 0.2) is 60.7 Å². The molecule has 0 bridgehead atoms. The van der Waals surface area contributed by atoms with Crippen LogP contribution in [0.5, 0.6) is 5.75 Å². The Morgan fingerprint density at radius 2 is 1.57 bits per heavy atom. The fourth-order valence-corrected chi connectivity index (χ4v) is 8.59. The molecule has 6 rings (SSSR count). The van der Waals surface area contributed by atoms with Gasteiger partial charge in [-0.3, -0.25) is 24.1 Å². The fourth-order valence-electron chi connectivity index (χ4n) is 7.58. The minimum absolute atomic E-state index is 0.0940. The number of phenolic OH excluding ortho intramolecular Hbond substituents is 1. The average Bonchev–Trinajstić information content (AvgIpc) is 3.32. The quantitative estimate of drug-likeness (QED) is 0.174. The number of alkyl halides is 8. The van der Waals surface area contributed by atoms with Crippen molar-refractivity contribution in [2.45, 2.75) is 47.3 Å². The smallest absolute Gasteiger partial charge is 0.416 e. The number of likely N-dealkylation sites (tertiary alicyclic amines) is 1. The van der Waals surface area contributed by atoms with Crippen molar-refractivity contribution in [3.63, 3.8) is 0 Å². The molecule has 0 spiro atoms. The molecule has 248 valence electrons. The molecule has 3 fully saturated rings. The number of carbonyl (C=O) groups excluding carboxylic acids is 4. The van der Waals surface area contributed by atoms with E-state index in [4.69, 9.17) is 23.2 Å². The molecule has 4 aliphatic rings. The molecule has 2 aromatic rings. The van der Waals surface area contributed by atoms with Crippen molar-refractivity contribution in [1.82, 2.24) is 4.90 Å². The molecule has 4 amide bonds. The van der Waals surface area contributed by atoms with Gasteiger partial charge in [-0.1, -0.05) is 35.9 Å².